The molecular formula is C14H16FN3. The molecule has 3 rings (SSSR count). The lowest BCUT2D eigenvalue weighted by Crippen LogP contribution is -2.15. The van der Waals surface area contributed by atoms with Crippen molar-refractivity contribution >= 4 is 16.6 Å². The summed E-state index contributed by atoms with van der Waals surface area (Å²) in [5.74, 6) is 5.37. The second kappa shape index (κ2) is 4.21. The molecule has 0 amide bonds. The van der Waals surface area contributed by atoms with Crippen molar-refractivity contribution < 1.29 is 4.39 Å². The summed E-state index contributed by atoms with van der Waals surface area (Å²) >= 11 is 0. The molecule has 1 aliphatic rings. The molecule has 0 bridgehead atoms. The van der Waals surface area contributed by atoms with Crippen molar-refractivity contribution in [3.05, 3.63) is 34.8 Å². The van der Waals surface area contributed by atoms with Gasteiger partial charge in [0.05, 0.1) is 5.69 Å². The molecule has 0 fully saturated rings. The third kappa shape index (κ3) is 1.64. The summed E-state index contributed by atoms with van der Waals surface area (Å²) in [6.07, 6.45) is 4.13. The van der Waals surface area contributed by atoms with E-state index in [1.807, 2.05) is 13.0 Å². The third-order valence-electron chi connectivity index (χ3n) is 3.61. The van der Waals surface area contributed by atoms with Crippen LogP contribution in [0.2, 0.25) is 0 Å². The van der Waals surface area contributed by atoms with Gasteiger partial charge >= 0.3 is 0 Å². The number of nitrogen functional groups attached to an aromatic ring is 1. The maximum atomic E-state index is 14.0. The van der Waals surface area contributed by atoms with Gasteiger partial charge in [-0.3, -0.25) is 5.84 Å². The van der Waals surface area contributed by atoms with Gasteiger partial charge in [-0.1, -0.05) is 0 Å². The number of hydrogen-bond acceptors (Lipinski definition) is 3. The van der Waals surface area contributed by atoms with Crippen LogP contribution in [0, 0.1) is 12.7 Å². The Kier molecular flexibility index (Phi) is 2.67. The minimum absolute atomic E-state index is 0.269. The number of pyridine rings is 1. The Balaban J connectivity index is 2.40. The Morgan fingerprint density at radius 2 is 2.06 bits per heavy atom. The number of fused-ring (bicyclic) bond motifs is 2. The molecule has 3 nitrogen and oxygen atoms in total. The van der Waals surface area contributed by atoms with E-state index in [1.54, 1.807) is 0 Å². The molecular weight excluding hydrogens is 229 g/mol. The highest BCUT2D eigenvalue weighted by Crippen LogP contribution is 2.34. The Morgan fingerprint density at radius 1 is 1.28 bits per heavy atom. The predicted molar refractivity (Wildman–Crippen MR) is 70.9 cm³/mol. The first-order chi connectivity index (χ1) is 8.70. The smallest absolute Gasteiger partial charge is 0.149 e. The first-order valence-corrected chi connectivity index (χ1v) is 6.29. The highest BCUT2D eigenvalue weighted by molar-refractivity contribution is 5.94. The average molecular weight is 245 g/mol. The van der Waals surface area contributed by atoms with Gasteiger partial charge in [0.2, 0.25) is 0 Å². The number of hydrazine groups is 1. The van der Waals surface area contributed by atoms with E-state index >= 15 is 0 Å². The number of aromatic nitrogens is 1. The van der Waals surface area contributed by atoms with Gasteiger partial charge in [0, 0.05) is 11.1 Å². The Labute approximate surface area is 105 Å². The van der Waals surface area contributed by atoms with Gasteiger partial charge in [-0.2, -0.15) is 0 Å². The maximum absolute atomic E-state index is 14.0. The van der Waals surface area contributed by atoms with E-state index in [2.05, 4.69) is 10.4 Å². The Hall–Kier alpha value is -1.68. The number of rotatable bonds is 1. The summed E-state index contributed by atoms with van der Waals surface area (Å²) in [7, 11) is 0. The Morgan fingerprint density at radius 3 is 2.83 bits per heavy atom. The molecule has 1 aromatic heterocycles. The fourth-order valence-corrected chi connectivity index (χ4v) is 2.78. The minimum Gasteiger partial charge on any atom is -0.323 e. The molecule has 0 atom stereocenters. The number of aryl methyl sites for hydroxylation is 2. The van der Waals surface area contributed by atoms with Gasteiger partial charge in [-0.15, -0.1) is 0 Å². The molecule has 1 aliphatic carbocycles. The maximum Gasteiger partial charge on any atom is 0.149 e. The predicted octanol–water partition coefficient (Wildman–Crippen LogP) is 2.85. The van der Waals surface area contributed by atoms with Crippen LogP contribution < -0.4 is 11.3 Å². The van der Waals surface area contributed by atoms with E-state index in [4.69, 9.17) is 5.84 Å². The van der Waals surface area contributed by atoms with Crippen molar-refractivity contribution in [3.63, 3.8) is 0 Å². The summed E-state index contributed by atoms with van der Waals surface area (Å²) in [4.78, 5) is 4.49. The van der Waals surface area contributed by atoms with Gasteiger partial charge in [0.25, 0.3) is 0 Å². The van der Waals surface area contributed by atoms with Gasteiger partial charge in [0.15, 0.2) is 0 Å². The van der Waals surface area contributed by atoms with Crippen molar-refractivity contribution in [2.24, 2.45) is 5.84 Å². The molecule has 2 aromatic rings. The van der Waals surface area contributed by atoms with Crippen LogP contribution in [0.1, 0.15) is 29.7 Å². The monoisotopic (exact) mass is 245 g/mol. The topological polar surface area (TPSA) is 50.9 Å². The molecule has 0 radical (unpaired) electrons. The van der Waals surface area contributed by atoms with Crippen LogP contribution in [0.25, 0.3) is 10.9 Å². The summed E-state index contributed by atoms with van der Waals surface area (Å²) in [6, 6.07) is 3.46. The fraction of sp³-hybridized carbons (Fsp3) is 0.357. The van der Waals surface area contributed by atoms with E-state index in [0.29, 0.717) is 5.52 Å². The standard InChI is InChI=1S/C14H16FN3/c1-8-6-10-13(18-16)9-4-2-3-5-12(9)17-14(10)11(15)7-8/h6-7H,2-5,16H2,1H3,(H,17,18). The van der Waals surface area contributed by atoms with Crippen LogP contribution in [-0.4, -0.2) is 4.98 Å². The SMILES string of the molecule is Cc1cc(F)c2nc3c(c(NN)c2c1)CCCC3. The number of benzene rings is 1. The van der Waals surface area contributed by atoms with E-state index in [-0.39, 0.29) is 5.82 Å². The third-order valence-corrected chi connectivity index (χ3v) is 3.61. The largest absolute Gasteiger partial charge is 0.323 e. The summed E-state index contributed by atoms with van der Waals surface area (Å²) in [5, 5.41) is 0.788. The number of nitrogens with zero attached hydrogens (tertiary/aromatic N) is 1. The van der Waals surface area contributed by atoms with E-state index in [1.165, 1.54) is 6.07 Å². The van der Waals surface area contributed by atoms with Crippen LogP contribution in [0.3, 0.4) is 0 Å². The number of nitrogens with one attached hydrogen (secondary N) is 1. The molecule has 1 heterocycles. The molecule has 0 unspecified atom stereocenters. The van der Waals surface area contributed by atoms with Crippen LogP contribution in [-0.2, 0) is 12.8 Å². The zero-order chi connectivity index (χ0) is 12.7. The van der Waals surface area contributed by atoms with Gasteiger partial charge in [-0.05, 0) is 55.9 Å². The highest BCUT2D eigenvalue weighted by atomic mass is 19.1. The number of anilines is 1. The first kappa shape index (κ1) is 11.4. The quantitative estimate of drug-likeness (QED) is 0.600. The molecule has 0 saturated carbocycles. The van der Waals surface area contributed by atoms with Gasteiger partial charge in [-0.25, -0.2) is 9.37 Å². The minimum atomic E-state index is -0.269. The molecule has 3 N–H and O–H groups in total. The molecule has 1 aromatic carbocycles. The average Bonchev–Trinajstić information content (AvgIpc) is 2.36. The van der Waals surface area contributed by atoms with E-state index < -0.39 is 0 Å². The first-order valence-electron chi connectivity index (χ1n) is 6.29. The van der Waals surface area contributed by atoms with Crippen LogP contribution in [0.15, 0.2) is 12.1 Å². The van der Waals surface area contributed by atoms with Crippen molar-refractivity contribution in [3.8, 4) is 0 Å². The normalized spacial score (nSPS) is 14.6. The summed E-state index contributed by atoms with van der Waals surface area (Å²) in [6.45, 7) is 1.88. The van der Waals surface area contributed by atoms with E-state index in [0.717, 1.165) is 53.6 Å². The van der Waals surface area contributed by atoms with Gasteiger partial charge < -0.3 is 5.43 Å². The van der Waals surface area contributed by atoms with Gasteiger partial charge in [0.1, 0.15) is 11.3 Å². The second-order valence-corrected chi connectivity index (χ2v) is 4.91. The lowest BCUT2D eigenvalue weighted by Gasteiger charge is -2.20. The van der Waals surface area contributed by atoms with Crippen molar-refractivity contribution in [1.29, 1.82) is 0 Å². The number of halogens is 1. The van der Waals surface area contributed by atoms with Crippen LogP contribution >= 0.6 is 0 Å². The van der Waals surface area contributed by atoms with Crippen molar-refractivity contribution in [2.45, 2.75) is 32.6 Å². The molecule has 0 spiro atoms. The molecule has 0 saturated heterocycles. The zero-order valence-corrected chi connectivity index (χ0v) is 10.4. The lowest BCUT2D eigenvalue weighted by molar-refractivity contribution is 0.631. The number of nitrogens with two attached hydrogens (primary N) is 1. The number of hydrogen-bond donors (Lipinski definition) is 2. The van der Waals surface area contributed by atoms with Crippen LogP contribution in [0.4, 0.5) is 10.1 Å². The Bertz CT molecular complexity index is 622. The zero-order valence-electron chi connectivity index (χ0n) is 10.4. The van der Waals surface area contributed by atoms with Crippen molar-refractivity contribution in [2.75, 3.05) is 5.43 Å². The summed E-state index contributed by atoms with van der Waals surface area (Å²) < 4.78 is 14.0. The summed E-state index contributed by atoms with van der Waals surface area (Å²) in [5.41, 5.74) is 7.04. The molecule has 0 aliphatic heterocycles. The molecule has 18 heavy (non-hydrogen) atoms. The van der Waals surface area contributed by atoms with E-state index in [9.17, 15) is 4.39 Å². The van der Waals surface area contributed by atoms with Crippen LogP contribution in [0.5, 0.6) is 0 Å². The fourth-order valence-electron chi connectivity index (χ4n) is 2.78. The molecule has 94 valence electrons. The van der Waals surface area contributed by atoms with Crippen molar-refractivity contribution in [1.82, 2.24) is 4.98 Å². The second-order valence-electron chi connectivity index (χ2n) is 4.91. The molecule has 4 heteroatoms. The highest BCUT2D eigenvalue weighted by Gasteiger charge is 2.19. The lowest BCUT2D eigenvalue weighted by atomic mass is 9.92.